The molecule has 0 fully saturated rings. The fourth-order valence-corrected chi connectivity index (χ4v) is 1.42. The molecule has 0 amide bonds. The average Bonchev–Trinajstić information content (AvgIpc) is 2.57. The quantitative estimate of drug-likeness (QED) is 0.731. The van der Waals surface area contributed by atoms with Crippen LogP contribution >= 0.6 is 12.2 Å². The summed E-state index contributed by atoms with van der Waals surface area (Å²) >= 11 is 4.99. The molecule has 1 N–H and O–H groups in total. The van der Waals surface area contributed by atoms with Crippen molar-refractivity contribution < 1.29 is 4.39 Å². The number of halogens is 1. The number of benzene rings is 1. The lowest BCUT2D eigenvalue weighted by molar-refractivity contribution is 0.618. The predicted octanol–water partition coefficient (Wildman–Crippen LogP) is 2.38. The molecule has 0 saturated carbocycles. The zero-order valence-corrected chi connectivity index (χ0v) is 8.31. The lowest BCUT2D eigenvalue weighted by Crippen LogP contribution is -1.94. The van der Waals surface area contributed by atoms with Crippen molar-refractivity contribution in [3.05, 3.63) is 40.7 Å². The highest BCUT2D eigenvalue weighted by Crippen LogP contribution is 2.12. The fraction of sp³-hybridized carbons (Fsp3) is 0.111. The van der Waals surface area contributed by atoms with E-state index in [4.69, 9.17) is 12.2 Å². The molecule has 72 valence electrons. The highest BCUT2D eigenvalue weighted by atomic mass is 32.1. The van der Waals surface area contributed by atoms with Crippen LogP contribution in [0.25, 0.3) is 5.69 Å². The molecule has 1 aromatic carbocycles. The number of nitrogens with one attached hydrogen (secondary N) is 1. The van der Waals surface area contributed by atoms with Crippen molar-refractivity contribution in [2.24, 2.45) is 0 Å². The fourth-order valence-electron chi connectivity index (χ4n) is 1.21. The summed E-state index contributed by atoms with van der Waals surface area (Å²) in [5, 5.41) is 6.43. The summed E-state index contributed by atoms with van der Waals surface area (Å²) < 4.78 is 15.2. The lowest BCUT2D eigenvalue weighted by Gasteiger charge is -2.02. The minimum atomic E-state index is -0.219. The standard InChI is InChI=1S/C9H8FN3S/c1-6-4-7(2-3-8(6)10)13-5-11-12-9(13)14/h2-5H,1H3,(H,12,14). The van der Waals surface area contributed by atoms with Gasteiger partial charge in [0.05, 0.1) is 0 Å². The number of aromatic nitrogens is 3. The first-order chi connectivity index (χ1) is 6.68. The summed E-state index contributed by atoms with van der Waals surface area (Å²) in [6, 6.07) is 4.80. The van der Waals surface area contributed by atoms with Gasteiger partial charge in [-0.1, -0.05) is 0 Å². The summed E-state index contributed by atoms with van der Waals surface area (Å²) in [7, 11) is 0. The van der Waals surface area contributed by atoms with E-state index in [9.17, 15) is 4.39 Å². The molecule has 0 unspecified atom stereocenters. The lowest BCUT2D eigenvalue weighted by atomic mass is 10.2. The SMILES string of the molecule is Cc1cc(-n2cn[nH]c2=S)ccc1F. The molecule has 1 heterocycles. The third-order valence-electron chi connectivity index (χ3n) is 1.97. The van der Waals surface area contributed by atoms with Crippen molar-refractivity contribution in [2.75, 3.05) is 0 Å². The van der Waals surface area contributed by atoms with Crippen LogP contribution in [0.1, 0.15) is 5.56 Å². The topological polar surface area (TPSA) is 33.6 Å². The van der Waals surface area contributed by atoms with Gasteiger partial charge < -0.3 is 0 Å². The molecule has 2 aromatic rings. The molecule has 2 rings (SSSR count). The number of nitrogens with zero attached hydrogens (tertiary/aromatic N) is 2. The summed E-state index contributed by atoms with van der Waals surface area (Å²) in [5.41, 5.74) is 1.40. The Hall–Kier alpha value is -1.49. The van der Waals surface area contributed by atoms with Crippen LogP contribution in [0, 0.1) is 17.5 Å². The third kappa shape index (κ3) is 1.46. The maximum Gasteiger partial charge on any atom is 0.199 e. The Morgan fingerprint density at radius 1 is 1.50 bits per heavy atom. The van der Waals surface area contributed by atoms with Crippen LogP contribution in [-0.4, -0.2) is 14.8 Å². The molecule has 1 aromatic heterocycles. The summed E-state index contributed by atoms with van der Waals surface area (Å²) in [5.74, 6) is -0.219. The summed E-state index contributed by atoms with van der Waals surface area (Å²) in [6.45, 7) is 1.71. The first-order valence-corrected chi connectivity index (χ1v) is 4.48. The van der Waals surface area contributed by atoms with Crippen LogP contribution in [-0.2, 0) is 0 Å². The minimum Gasteiger partial charge on any atom is -0.275 e. The molecule has 0 radical (unpaired) electrons. The summed E-state index contributed by atoms with van der Waals surface area (Å²) in [4.78, 5) is 0. The molecule has 0 saturated heterocycles. The van der Waals surface area contributed by atoms with Gasteiger partial charge in [0.1, 0.15) is 12.1 Å². The van der Waals surface area contributed by atoms with Crippen molar-refractivity contribution in [1.29, 1.82) is 0 Å². The minimum absolute atomic E-state index is 0.219. The van der Waals surface area contributed by atoms with Gasteiger partial charge in [0, 0.05) is 5.69 Å². The predicted molar refractivity (Wildman–Crippen MR) is 53.4 cm³/mol. The molecule has 3 nitrogen and oxygen atoms in total. The third-order valence-corrected chi connectivity index (χ3v) is 2.26. The van der Waals surface area contributed by atoms with Gasteiger partial charge in [-0.2, -0.15) is 5.10 Å². The second-order valence-corrected chi connectivity index (χ2v) is 3.35. The van der Waals surface area contributed by atoms with Crippen molar-refractivity contribution in [3.8, 4) is 5.69 Å². The van der Waals surface area contributed by atoms with Crippen LogP contribution in [0.5, 0.6) is 0 Å². The zero-order chi connectivity index (χ0) is 10.1. The van der Waals surface area contributed by atoms with Crippen LogP contribution in [0.3, 0.4) is 0 Å². The molecule has 0 aliphatic carbocycles. The molecular formula is C9H8FN3S. The second-order valence-electron chi connectivity index (χ2n) is 2.97. The molecule has 0 spiro atoms. The van der Waals surface area contributed by atoms with Crippen LogP contribution in [0.15, 0.2) is 24.5 Å². The van der Waals surface area contributed by atoms with E-state index in [0.29, 0.717) is 10.3 Å². The normalized spacial score (nSPS) is 10.4. The van der Waals surface area contributed by atoms with E-state index in [-0.39, 0.29) is 5.82 Å². The Kier molecular flexibility index (Phi) is 2.17. The smallest absolute Gasteiger partial charge is 0.199 e. The maximum atomic E-state index is 13.0. The number of aryl methyl sites for hydroxylation is 1. The van der Waals surface area contributed by atoms with E-state index in [0.717, 1.165) is 5.69 Å². The number of hydrogen-bond acceptors (Lipinski definition) is 2. The number of hydrogen-bond donors (Lipinski definition) is 1. The van der Waals surface area contributed by atoms with Gasteiger partial charge >= 0.3 is 0 Å². The highest BCUT2D eigenvalue weighted by molar-refractivity contribution is 7.71. The Bertz CT molecular complexity index is 515. The van der Waals surface area contributed by atoms with Gasteiger partial charge in [-0.3, -0.25) is 9.67 Å². The molecule has 0 aliphatic heterocycles. The van der Waals surface area contributed by atoms with E-state index in [1.165, 1.54) is 6.07 Å². The second kappa shape index (κ2) is 3.34. The number of H-pyrrole nitrogens is 1. The van der Waals surface area contributed by atoms with Crippen LogP contribution < -0.4 is 0 Å². The largest absolute Gasteiger partial charge is 0.275 e. The summed E-state index contributed by atoms with van der Waals surface area (Å²) in [6.07, 6.45) is 1.56. The Morgan fingerprint density at radius 3 is 2.86 bits per heavy atom. The van der Waals surface area contributed by atoms with Crippen molar-refractivity contribution in [1.82, 2.24) is 14.8 Å². The average molecular weight is 209 g/mol. The van der Waals surface area contributed by atoms with Crippen molar-refractivity contribution in [2.45, 2.75) is 6.92 Å². The van der Waals surface area contributed by atoms with Crippen LogP contribution in [0.4, 0.5) is 4.39 Å². The molecule has 0 atom stereocenters. The first-order valence-electron chi connectivity index (χ1n) is 4.07. The maximum absolute atomic E-state index is 13.0. The van der Waals surface area contributed by atoms with Gasteiger partial charge in [0.15, 0.2) is 4.77 Å². The Morgan fingerprint density at radius 2 is 2.29 bits per heavy atom. The van der Waals surface area contributed by atoms with Gasteiger partial charge in [-0.05, 0) is 42.9 Å². The monoisotopic (exact) mass is 209 g/mol. The molecule has 5 heteroatoms. The van der Waals surface area contributed by atoms with E-state index in [1.54, 1.807) is 30.0 Å². The molecular weight excluding hydrogens is 201 g/mol. The van der Waals surface area contributed by atoms with E-state index in [1.807, 2.05) is 0 Å². The van der Waals surface area contributed by atoms with Gasteiger partial charge in [-0.15, -0.1) is 0 Å². The van der Waals surface area contributed by atoms with Crippen LogP contribution in [0.2, 0.25) is 0 Å². The van der Waals surface area contributed by atoms with E-state index < -0.39 is 0 Å². The molecule has 0 aliphatic rings. The highest BCUT2D eigenvalue weighted by Gasteiger charge is 2.01. The van der Waals surface area contributed by atoms with Gasteiger partial charge in [0.25, 0.3) is 0 Å². The van der Waals surface area contributed by atoms with E-state index in [2.05, 4.69) is 10.2 Å². The van der Waals surface area contributed by atoms with E-state index >= 15 is 0 Å². The van der Waals surface area contributed by atoms with Crippen molar-refractivity contribution in [3.63, 3.8) is 0 Å². The van der Waals surface area contributed by atoms with Crippen molar-refractivity contribution >= 4 is 12.2 Å². The number of rotatable bonds is 1. The zero-order valence-electron chi connectivity index (χ0n) is 7.49. The number of aromatic amines is 1. The van der Waals surface area contributed by atoms with Gasteiger partial charge in [0.2, 0.25) is 0 Å². The molecule has 14 heavy (non-hydrogen) atoms. The first kappa shape index (κ1) is 9.08. The molecule has 0 bridgehead atoms. The Balaban J connectivity index is 2.59. The Labute approximate surface area is 85.2 Å². The van der Waals surface area contributed by atoms with Gasteiger partial charge in [-0.25, -0.2) is 4.39 Å².